The highest BCUT2D eigenvalue weighted by Gasteiger charge is 2.27. The van der Waals surface area contributed by atoms with E-state index in [-0.39, 0.29) is 11.8 Å². The Bertz CT molecular complexity index is 461. The first-order valence-corrected chi connectivity index (χ1v) is 6.66. The summed E-state index contributed by atoms with van der Waals surface area (Å²) in [7, 11) is 0. The predicted molar refractivity (Wildman–Crippen MR) is 68.8 cm³/mol. The maximum Gasteiger partial charge on any atom is 0.306 e. The molecule has 1 aromatic rings. The summed E-state index contributed by atoms with van der Waals surface area (Å²) in [4.78, 5) is 24.8. The van der Waals surface area contributed by atoms with Gasteiger partial charge in [0.05, 0.1) is 17.7 Å². The molecule has 1 amide bonds. The lowest BCUT2D eigenvalue weighted by molar-refractivity contribution is -0.143. The van der Waals surface area contributed by atoms with E-state index in [2.05, 4.69) is 12.0 Å². The Morgan fingerprint density at radius 2 is 2.11 bits per heavy atom. The summed E-state index contributed by atoms with van der Waals surface area (Å²) in [6, 6.07) is 0. The molecule has 1 aliphatic rings. The lowest BCUT2D eigenvalue weighted by Crippen LogP contribution is -2.40. The molecule has 2 heterocycles. The van der Waals surface area contributed by atoms with Crippen LogP contribution >= 0.6 is 0 Å². The number of hydrogen-bond acceptors (Lipinski definition) is 3. The van der Waals surface area contributed by atoms with Crippen LogP contribution in [0.5, 0.6) is 0 Å². The van der Waals surface area contributed by atoms with Gasteiger partial charge in [-0.2, -0.15) is 5.10 Å². The molecule has 0 aromatic carbocycles. The van der Waals surface area contributed by atoms with Crippen LogP contribution in [0, 0.1) is 5.92 Å². The van der Waals surface area contributed by atoms with Crippen LogP contribution in [0.1, 0.15) is 36.5 Å². The fourth-order valence-electron chi connectivity index (χ4n) is 2.34. The van der Waals surface area contributed by atoms with Crippen molar-refractivity contribution in [1.82, 2.24) is 14.7 Å². The summed E-state index contributed by atoms with van der Waals surface area (Å²) in [5.74, 6) is -1.12. The number of amides is 1. The second-order valence-electron chi connectivity index (χ2n) is 4.90. The third-order valence-electron chi connectivity index (χ3n) is 3.46. The number of aromatic nitrogens is 2. The van der Waals surface area contributed by atoms with E-state index in [1.54, 1.807) is 22.0 Å². The molecular weight excluding hydrogens is 246 g/mol. The van der Waals surface area contributed by atoms with Crippen molar-refractivity contribution >= 4 is 11.9 Å². The first-order chi connectivity index (χ1) is 9.11. The summed E-state index contributed by atoms with van der Waals surface area (Å²) in [6.07, 6.45) is 5.38. The summed E-state index contributed by atoms with van der Waals surface area (Å²) in [5.41, 5.74) is 0.585. The van der Waals surface area contributed by atoms with Crippen molar-refractivity contribution < 1.29 is 14.7 Å². The summed E-state index contributed by atoms with van der Waals surface area (Å²) < 4.78 is 1.76. The molecule has 0 radical (unpaired) electrons. The quantitative estimate of drug-likeness (QED) is 0.888. The average molecular weight is 265 g/mol. The van der Waals surface area contributed by atoms with Gasteiger partial charge in [-0.3, -0.25) is 14.3 Å². The third-order valence-corrected chi connectivity index (χ3v) is 3.46. The highest BCUT2D eigenvalue weighted by atomic mass is 16.4. The van der Waals surface area contributed by atoms with Crippen molar-refractivity contribution in [2.75, 3.05) is 13.1 Å². The summed E-state index contributed by atoms with van der Waals surface area (Å²) in [5, 5.41) is 13.1. The number of piperidine rings is 1. The van der Waals surface area contributed by atoms with Gasteiger partial charge in [0.15, 0.2) is 0 Å². The Balaban J connectivity index is 1.95. The second kappa shape index (κ2) is 5.86. The molecule has 0 aliphatic carbocycles. The molecule has 0 atom stereocenters. The average Bonchev–Trinajstić information content (AvgIpc) is 2.87. The molecule has 0 bridgehead atoms. The molecule has 1 aliphatic heterocycles. The number of carbonyl (C=O) groups excluding carboxylic acids is 1. The minimum atomic E-state index is -0.761. The van der Waals surface area contributed by atoms with Gasteiger partial charge in [-0.05, 0) is 19.3 Å². The normalized spacial score (nSPS) is 16.6. The van der Waals surface area contributed by atoms with Crippen LogP contribution in [-0.4, -0.2) is 44.8 Å². The van der Waals surface area contributed by atoms with E-state index in [0.717, 1.165) is 13.0 Å². The largest absolute Gasteiger partial charge is 0.481 e. The molecule has 1 fully saturated rings. The number of carbonyl (C=O) groups is 2. The van der Waals surface area contributed by atoms with Crippen molar-refractivity contribution in [1.29, 1.82) is 0 Å². The number of nitrogens with zero attached hydrogens (tertiary/aromatic N) is 3. The molecule has 6 heteroatoms. The predicted octanol–water partition coefficient (Wildman–Crippen LogP) is 1.23. The van der Waals surface area contributed by atoms with Gasteiger partial charge in [0, 0.05) is 25.8 Å². The monoisotopic (exact) mass is 265 g/mol. The Morgan fingerprint density at radius 3 is 2.68 bits per heavy atom. The van der Waals surface area contributed by atoms with Gasteiger partial charge in [0.25, 0.3) is 5.91 Å². The van der Waals surface area contributed by atoms with E-state index < -0.39 is 5.97 Å². The van der Waals surface area contributed by atoms with Gasteiger partial charge in [-0.1, -0.05) is 6.92 Å². The van der Waals surface area contributed by atoms with Crippen LogP contribution in [0.25, 0.3) is 0 Å². The van der Waals surface area contributed by atoms with E-state index in [1.165, 1.54) is 0 Å². The van der Waals surface area contributed by atoms with Crippen molar-refractivity contribution in [3.8, 4) is 0 Å². The molecule has 1 saturated heterocycles. The first kappa shape index (κ1) is 13.6. The van der Waals surface area contributed by atoms with Gasteiger partial charge in [-0.25, -0.2) is 0 Å². The molecule has 19 heavy (non-hydrogen) atoms. The van der Waals surface area contributed by atoms with E-state index in [9.17, 15) is 9.59 Å². The van der Waals surface area contributed by atoms with Crippen molar-refractivity contribution in [2.45, 2.75) is 32.7 Å². The highest BCUT2D eigenvalue weighted by Crippen LogP contribution is 2.19. The molecule has 0 unspecified atom stereocenters. The van der Waals surface area contributed by atoms with Gasteiger partial charge < -0.3 is 10.0 Å². The van der Waals surface area contributed by atoms with Gasteiger partial charge >= 0.3 is 5.97 Å². The van der Waals surface area contributed by atoms with Crippen LogP contribution in [0.2, 0.25) is 0 Å². The van der Waals surface area contributed by atoms with E-state index in [0.29, 0.717) is 31.5 Å². The van der Waals surface area contributed by atoms with Crippen LogP contribution in [0.4, 0.5) is 0 Å². The van der Waals surface area contributed by atoms with Crippen molar-refractivity contribution in [2.24, 2.45) is 5.92 Å². The number of carboxylic acid groups (broad SMARTS) is 1. The Hall–Kier alpha value is -1.85. The third kappa shape index (κ3) is 3.13. The first-order valence-electron chi connectivity index (χ1n) is 6.66. The Morgan fingerprint density at radius 1 is 1.42 bits per heavy atom. The standard InChI is InChI=1S/C13H19N3O3/c1-2-5-16-9-11(8-14-16)12(17)15-6-3-10(4-7-15)13(18)19/h8-10H,2-7H2,1H3,(H,18,19). The van der Waals surface area contributed by atoms with Crippen LogP contribution in [0.3, 0.4) is 0 Å². The molecule has 1 N–H and O–H groups in total. The zero-order valence-electron chi connectivity index (χ0n) is 11.1. The highest BCUT2D eigenvalue weighted by molar-refractivity contribution is 5.93. The Labute approximate surface area is 112 Å². The van der Waals surface area contributed by atoms with Crippen molar-refractivity contribution in [3.63, 3.8) is 0 Å². The SMILES string of the molecule is CCCn1cc(C(=O)N2CCC(C(=O)O)CC2)cn1. The number of carboxylic acids is 1. The van der Waals surface area contributed by atoms with Gasteiger partial charge in [-0.15, -0.1) is 0 Å². The van der Waals surface area contributed by atoms with Crippen LogP contribution in [-0.2, 0) is 11.3 Å². The Kier molecular flexibility index (Phi) is 4.19. The number of likely N-dealkylation sites (tertiary alicyclic amines) is 1. The minimum absolute atomic E-state index is 0.0498. The number of hydrogen-bond donors (Lipinski definition) is 1. The second-order valence-corrected chi connectivity index (χ2v) is 4.90. The molecule has 2 rings (SSSR count). The smallest absolute Gasteiger partial charge is 0.306 e. The summed E-state index contributed by atoms with van der Waals surface area (Å²) >= 11 is 0. The van der Waals surface area contributed by atoms with Gasteiger partial charge in [0.1, 0.15) is 0 Å². The maximum absolute atomic E-state index is 12.2. The molecule has 104 valence electrons. The van der Waals surface area contributed by atoms with E-state index >= 15 is 0 Å². The lowest BCUT2D eigenvalue weighted by Gasteiger charge is -2.29. The van der Waals surface area contributed by atoms with Crippen molar-refractivity contribution in [3.05, 3.63) is 18.0 Å². The minimum Gasteiger partial charge on any atom is -0.481 e. The number of aryl methyl sites for hydroxylation is 1. The summed E-state index contributed by atoms with van der Waals surface area (Å²) in [6.45, 7) is 3.87. The fraction of sp³-hybridized carbons (Fsp3) is 0.615. The number of aliphatic carboxylic acids is 1. The zero-order chi connectivity index (χ0) is 13.8. The van der Waals surface area contributed by atoms with Gasteiger partial charge in [0.2, 0.25) is 0 Å². The molecule has 0 spiro atoms. The fourth-order valence-corrected chi connectivity index (χ4v) is 2.34. The van der Waals surface area contributed by atoms with E-state index in [1.807, 2.05) is 0 Å². The maximum atomic E-state index is 12.2. The number of rotatable bonds is 4. The van der Waals surface area contributed by atoms with Crippen LogP contribution in [0.15, 0.2) is 12.4 Å². The van der Waals surface area contributed by atoms with E-state index in [4.69, 9.17) is 5.11 Å². The molecule has 6 nitrogen and oxygen atoms in total. The molecular formula is C13H19N3O3. The molecule has 0 saturated carbocycles. The lowest BCUT2D eigenvalue weighted by atomic mass is 9.97. The zero-order valence-corrected chi connectivity index (χ0v) is 11.1. The molecule has 1 aromatic heterocycles. The topological polar surface area (TPSA) is 75.4 Å². The van der Waals surface area contributed by atoms with Crippen LogP contribution < -0.4 is 0 Å².